The predicted molar refractivity (Wildman–Crippen MR) is 151 cm³/mol. The first-order chi connectivity index (χ1) is 20.0. The maximum Gasteiger partial charge on any atom is 0.335 e. The van der Waals surface area contributed by atoms with Crippen LogP contribution in [0.1, 0.15) is 10.4 Å². The summed E-state index contributed by atoms with van der Waals surface area (Å²) in [5.41, 5.74) is -0.137. The molecule has 0 saturated heterocycles. The molecule has 214 valence electrons. The molecule has 5 aromatic rings. The monoisotopic (exact) mass is 588 g/mol. The number of aromatic hydroxyl groups is 4. The molecule has 11 heteroatoms. The number of carboxylic acid groups (broad SMARTS) is 1. The van der Waals surface area contributed by atoms with Crippen LogP contribution in [0.15, 0.2) is 125 Å². The first kappa shape index (κ1) is 29.3. The van der Waals surface area contributed by atoms with Gasteiger partial charge in [-0.2, -0.15) is 0 Å². The number of phenols is 4. The van der Waals surface area contributed by atoms with E-state index in [1.807, 2.05) is 0 Å². The van der Waals surface area contributed by atoms with Crippen LogP contribution in [-0.2, 0) is 9.84 Å². The van der Waals surface area contributed by atoms with Gasteiger partial charge < -0.3 is 35.0 Å². The first-order valence-electron chi connectivity index (χ1n) is 12.1. The number of hydrogen-bond acceptors (Lipinski definition) is 9. The second-order valence-corrected chi connectivity index (χ2v) is 10.6. The van der Waals surface area contributed by atoms with Crippen LogP contribution in [0, 0.1) is 0 Å². The average Bonchev–Trinajstić information content (AvgIpc) is 2.96. The smallest absolute Gasteiger partial charge is 0.335 e. The number of carboxylic acids is 1. The zero-order valence-electron chi connectivity index (χ0n) is 21.7. The lowest BCUT2D eigenvalue weighted by molar-refractivity contribution is 0.0696. The van der Waals surface area contributed by atoms with Crippen LogP contribution in [0.2, 0.25) is 0 Å². The molecule has 0 bridgehead atoms. The zero-order chi connectivity index (χ0) is 30.3. The van der Waals surface area contributed by atoms with E-state index in [9.17, 15) is 23.4 Å². The van der Waals surface area contributed by atoms with Crippen molar-refractivity contribution in [2.24, 2.45) is 0 Å². The highest BCUT2D eigenvalue weighted by molar-refractivity contribution is 7.91. The molecule has 0 aromatic heterocycles. The lowest BCUT2D eigenvalue weighted by Crippen LogP contribution is -2.01. The molecule has 5 N–H and O–H groups in total. The molecule has 0 unspecified atom stereocenters. The first-order valence-corrected chi connectivity index (χ1v) is 13.6. The van der Waals surface area contributed by atoms with Gasteiger partial charge in [-0.15, -0.1) is 0 Å². The number of ether oxygens (including phenoxy) is 2. The van der Waals surface area contributed by atoms with Gasteiger partial charge in [-0.25, -0.2) is 13.2 Å². The van der Waals surface area contributed by atoms with Gasteiger partial charge in [0.05, 0.1) is 15.4 Å². The lowest BCUT2D eigenvalue weighted by atomic mass is 10.2. The molecule has 0 aliphatic rings. The van der Waals surface area contributed by atoms with Crippen LogP contribution in [0.4, 0.5) is 0 Å². The Morgan fingerprint density at radius 1 is 0.476 bits per heavy atom. The summed E-state index contributed by atoms with van der Waals surface area (Å²) in [6.45, 7) is 0. The summed E-state index contributed by atoms with van der Waals surface area (Å²) in [5.74, 6) is 0.558. The summed E-state index contributed by atoms with van der Waals surface area (Å²) >= 11 is 0. The second-order valence-electron chi connectivity index (χ2n) is 8.68. The van der Waals surface area contributed by atoms with Gasteiger partial charge in [0.1, 0.15) is 46.0 Å². The normalized spacial score (nSPS) is 10.7. The van der Waals surface area contributed by atoms with Gasteiger partial charge in [0.15, 0.2) is 0 Å². The minimum Gasteiger partial charge on any atom is -0.508 e. The number of sulfone groups is 1. The van der Waals surface area contributed by atoms with E-state index in [0.717, 1.165) is 18.2 Å². The number of benzene rings is 5. The Hall–Kier alpha value is -5.68. The average molecular weight is 589 g/mol. The second kappa shape index (κ2) is 12.7. The number of rotatable bonds is 7. The van der Waals surface area contributed by atoms with E-state index in [4.69, 9.17) is 24.8 Å². The van der Waals surface area contributed by atoms with E-state index >= 15 is 0 Å². The van der Waals surface area contributed by atoms with E-state index in [1.54, 1.807) is 48.5 Å². The quantitative estimate of drug-likeness (QED) is 0.145. The van der Waals surface area contributed by atoms with Gasteiger partial charge in [-0.3, -0.25) is 0 Å². The van der Waals surface area contributed by atoms with Crippen LogP contribution in [0.3, 0.4) is 0 Å². The third kappa shape index (κ3) is 7.71. The highest BCUT2D eigenvalue weighted by atomic mass is 32.2. The van der Waals surface area contributed by atoms with E-state index in [-0.39, 0.29) is 38.4 Å². The molecule has 0 aliphatic heterocycles. The number of carbonyl (C=O) groups is 1. The Morgan fingerprint density at radius 3 is 1.10 bits per heavy atom. The summed E-state index contributed by atoms with van der Waals surface area (Å²) in [5, 5.41) is 44.7. The van der Waals surface area contributed by atoms with Crippen LogP contribution in [0.25, 0.3) is 0 Å². The van der Waals surface area contributed by atoms with Crippen molar-refractivity contribution < 1.29 is 48.2 Å². The van der Waals surface area contributed by atoms with Gasteiger partial charge >= 0.3 is 5.97 Å². The van der Waals surface area contributed by atoms with Crippen molar-refractivity contribution in [3.8, 4) is 46.0 Å². The molecule has 0 spiro atoms. The fraction of sp³-hybridized carbons (Fsp3) is 0. The van der Waals surface area contributed by atoms with Crippen LogP contribution in [0.5, 0.6) is 46.0 Å². The molecule has 0 radical (unpaired) electrons. The molecule has 0 fully saturated rings. The van der Waals surface area contributed by atoms with Crippen molar-refractivity contribution in [1.82, 2.24) is 0 Å². The summed E-state index contributed by atoms with van der Waals surface area (Å²) in [7, 11) is -3.71. The Labute approximate surface area is 240 Å². The Kier molecular flexibility index (Phi) is 8.84. The minimum atomic E-state index is -3.71. The maximum absolute atomic E-state index is 12.9. The van der Waals surface area contributed by atoms with Crippen molar-refractivity contribution in [3.63, 3.8) is 0 Å². The van der Waals surface area contributed by atoms with Crippen LogP contribution in [-0.4, -0.2) is 39.9 Å². The van der Waals surface area contributed by atoms with Crippen molar-refractivity contribution in [2.45, 2.75) is 9.79 Å². The molecular formula is C31H24O10S. The highest BCUT2D eigenvalue weighted by Crippen LogP contribution is 2.29. The molecule has 5 rings (SSSR count). The molecule has 42 heavy (non-hydrogen) atoms. The van der Waals surface area contributed by atoms with E-state index < -0.39 is 15.8 Å². The lowest BCUT2D eigenvalue weighted by Gasteiger charge is -2.09. The van der Waals surface area contributed by atoms with Gasteiger partial charge in [0.2, 0.25) is 9.84 Å². The molecule has 0 amide bonds. The predicted octanol–water partition coefficient (Wildman–Crippen LogP) is 6.31. The fourth-order valence-electron chi connectivity index (χ4n) is 3.53. The third-order valence-corrected chi connectivity index (χ3v) is 7.35. The number of phenolic OH excluding ortho intramolecular Hbond substituents is 4. The molecular weight excluding hydrogens is 564 g/mol. The fourth-order valence-corrected chi connectivity index (χ4v) is 4.79. The molecule has 0 heterocycles. The van der Waals surface area contributed by atoms with Gasteiger partial charge in [-0.1, -0.05) is 0 Å². The van der Waals surface area contributed by atoms with E-state index in [0.29, 0.717) is 23.0 Å². The summed E-state index contributed by atoms with van der Waals surface area (Å²) in [4.78, 5) is 10.6. The van der Waals surface area contributed by atoms with Gasteiger partial charge in [0.25, 0.3) is 0 Å². The van der Waals surface area contributed by atoms with Crippen molar-refractivity contribution in [2.75, 3.05) is 0 Å². The molecule has 0 saturated carbocycles. The minimum absolute atomic E-state index is 0.133. The topological polar surface area (TPSA) is 171 Å². The van der Waals surface area contributed by atoms with Gasteiger partial charge in [-0.05, 0) is 109 Å². The Morgan fingerprint density at radius 2 is 0.786 bits per heavy atom. The number of aromatic carboxylic acids is 1. The van der Waals surface area contributed by atoms with Crippen LogP contribution < -0.4 is 9.47 Å². The summed E-state index contributed by atoms with van der Waals surface area (Å²) in [6, 6.07) is 27.8. The molecule has 5 aromatic carbocycles. The van der Waals surface area contributed by atoms with Crippen molar-refractivity contribution in [1.29, 1.82) is 0 Å². The SMILES string of the molecule is O=C(O)c1cc(O)cc(O)c1.O=S(=O)(c1ccc(Oc2ccc(O)cc2)cc1)c1ccc(Oc2ccc(O)cc2)cc1. The largest absolute Gasteiger partial charge is 0.508 e. The summed E-state index contributed by atoms with van der Waals surface area (Å²) < 4.78 is 37.1. The Bertz CT molecular complexity index is 1650. The molecule has 10 nitrogen and oxygen atoms in total. The van der Waals surface area contributed by atoms with Crippen LogP contribution >= 0.6 is 0 Å². The maximum atomic E-state index is 12.9. The molecule has 0 aliphatic carbocycles. The summed E-state index contributed by atoms with van der Waals surface area (Å²) in [6.07, 6.45) is 0. The van der Waals surface area contributed by atoms with Crippen molar-refractivity contribution >= 4 is 15.8 Å². The third-order valence-electron chi connectivity index (χ3n) is 5.56. The van der Waals surface area contributed by atoms with E-state index in [1.165, 1.54) is 48.5 Å². The number of hydrogen-bond donors (Lipinski definition) is 5. The Balaban J connectivity index is 0.000000310. The molecule has 0 atom stereocenters. The standard InChI is InChI=1S/C24H18O6S.C7H6O4/c25-17-1-5-19(6-2-17)29-21-9-13-23(14-10-21)31(27,28)24-15-11-22(12-16-24)30-20-7-3-18(26)4-8-20;8-5-1-4(7(10)11)2-6(9)3-5/h1-16,25-26H;1-3,8-9H,(H,10,11). The van der Waals surface area contributed by atoms with E-state index in [2.05, 4.69) is 0 Å². The zero-order valence-corrected chi connectivity index (χ0v) is 22.5. The van der Waals surface area contributed by atoms with Gasteiger partial charge in [0, 0.05) is 6.07 Å². The van der Waals surface area contributed by atoms with Crippen molar-refractivity contribution in [3.05, 3.63) is 121 Å². The highest BCUT2D eigenvalue weighted by Gasteiger charge is 2.18.